The van der Waals surface area contributed by atoms with E-state index in [1.165, 1.54) is 4.31 Å². The molecule has 0 aliphatic carbocycles. The summed E-state index contributed by atoms with van der Waals surface area (Å²) in [6.45, 7) is 1.82. The number of anilines is 1. The Labute approximate surface area is 174 Å². The van der Waals surface area contributed by atoms with Crippen molar-refractivity contribution in [3.8, 4) is 11.5 Å². The molecule has 7 nitrogen and oxygen atoms in total. The first-order valence-electron chi connectivity index (χ1n) is 9.73. The maximum atomic E-state index is 12.8. The Kier molecular flexibility index (Phi) is 4.72. The third-order valence-electron chi connectivity index (χ3n) is 5.22. The molecule has 0 unspecified atom stereocenters. The third kappa shape index (κ3) is 3.44. The van der Waals surface area contributed by atoms with Gasteiger partial charge in [0.25, 0.3) is 0 Å². The second kappa shape index (κ2) is 7.55. The predicted octanol–water partition coefficient (Wildman–Crippen LogP) is 3.40. The smallest absolute Gasteiger partial charge is 0.243 e. The largest absolute Gasteiger partial charge is 0.454 e. The first-order chi connectivity index (χ1) is 14.6. The summed E-state index contributed by atoms with van der Waals surface area (Å²) in [6, 6.07) is 20.1. The lowest BCUT2D eigenvalue weighted by atomic mass is 10.2. The van der Waals surface area contributed by atoms with Crippen LogP contribution in [0, 0.1) is 0 Å². The molecule has 1 saturated heterocycles. The maximum absolute atomic E-state index is 12.8. The topological polar surface area (TPSA) is 79.5 Å². The number of piperazine rings is 1. The molecule has 1 fully saturated rings. The SMILES string of the molecule is O=S(=O)(c1ccccc1)N1CCN(c2nccc(-c3cc4ccccc4o3)n2)CC1. The number of furan rings is 1. The number of hydrogen-bond donors (Lipinski definition) is 0. The molecule has 152 valence electrons. The molecule has 0 spiro atoms. The lowest BCUT2D eigenvalue weighted by Crippen LogP contribution is -2.49. The summed E-state index contributed by atoms with van der Waals surface area (Å²) >= 11 is 0. The molecule has 0 atom stereocenters. The minimum absolute atomic E-state index is 0.321. The van der Waals surface area contributed by atoms with Crippen LogP contribution in [-0.4, -0.2) is 48.9 Å². The third-order valence-corrected chi connectivity index (χ3v) is 7.14. The van der Waals surface area contributed by atoms with Gasteiger partial charge >= 0.3 is 0 Å². The number of rotatable bonds is 4. The van der Waals surface area contributed by atoms with E-state index in [9.17, 15) is 8.42 Å². The van der Waals surface area contributed by atoms with Crippen LogP contribution in [0.5, 0.6) is 0 Å². The predicted molar refractivity (Wildman–Crippen MR) is 115 cm³/mol. The fraction of sp³-hybridized carbons (Fsp3) is 0.182. The van der Waals surface area contributed by atoms with Crippen LogP contribution >= 0.6 is 0 Å². The Morgan fingerprint density at radius 3 is 2.37 bits per heavy atom. The van der Waals surface area contributed by atoms with Gasteiger partial charge in [0.05, 0.1) is 4.90 Å². The van der Waals surface area contributed by atoms with Crippen molar-refractivity contribution in [2.45, 2.75) is 4.90 Å². The molecule has 0 radical (unpaired) electrons. The van der Waals surface area contributed by atoms with Gasteiger partial charge in [-0.2, -0.15) is 4.31 Å². The lowest BCUT2D eigenvalue weighted by Gasteiger charge is -2.34. The minimum Gasteiger partial charge on any atom is -0.454 e. The number of sulfonamides is 1. The van der Waals surface area contributed by atoms with Crippen molar-refractivity contribution < 1.29 is 12.8 Å². The monoisotopic (exact) mass is 420 g/mol. The van der Waals surface area contributed by atoms with Crippen LogP contribution < -0.4 is 4.90 Å². The second-order valence-corrected chi connectivity index (χ2v) is 9.03. The lowest BCUT2D eigenvalue weighted by molar-refractivity contribution is 0.382. The summed E-state index contributed by atoms with van der Waals surface area (Å²) in [5.74, 6) is 1.26. The van der Waals surface area contributed by atoms with Crippen LogP contribution in [0.3, 0.4) is 0 Å². The van der Waals surface area contributed by atoms with Gasteiger partial charge in [-0.1, -0.05) is 36.4 Å². The van der Waals surface area contributed by atoms with Crippen molar-refractivity contribution in [1.29, 1.82) is 0 Å². The van der Waals surface area contributed by atoms with Crippen LogP contribution in [0.25, 0.3) is 22.4 Å². The Balaban J connectivity index is 1.34. The Hall–Kier alpha value is -3.23. The van der Waals surface area contributed by atoms with Gasteiger partial charge < -0.3 is 9.32 Å². The highest BCUT2D eigenvalue weighted by Gasteiger charge is 2.29. The van der Waals surface area contributed by atoms with Crippen molar-refractivity contribution in [2.75, 3.05) is 31.1 Å². The molecule has 5 rings (SSSR count). The summed E-state index contributed by atoms with van der Waals surface area (Å²) in [4.78, 5) is 11.4. The summed E-state index contributed by atoms with van der Waals surface area (Å²) in [7, 11) is -3.48. The van der Waals surface area contributed by atoms with Crippen molar-refractivity contribution in [3.63, 3.8) is 0 Å². The molecule has 2 aromatic carbocycles. The number of fused-ring (bicyclic) bond motifs is 1. The average Bonchev–Trinajstić information content (AvgIpc) is 3.24. The van der Waals surface area contributed by atoms with Crippen molar-refractivity contribution in [2.24, 2.45) is 0 Å². The zero-order chi connectivity index (χ0) is 20.6. The molecule has 3 heterocycles. The molecule has 2 aromatic heterocycles. The molecule has 8 heteroatoms. The summed E-state index contributed by atoms with van der Waals surface area (Å²) in [5.41, 5.74) is 1.52. The van der Waals surface area contributed by atoms with E-state index in [1.807, 2.05) is 47.4 Å². The van der Waals surface area contributed by atoms with E-state index in [0.29, 0.717) is 48.5 Å². The van der Waals surface area contributed by atoms with Gasteiger partial charge in [0.2, 0.25) is 16.0 Å². The molecule has 30 heavy (non-hydrogen) atoms. The fourth-order valence-corrected chi connectivity index (χ4v) is 5.06. The Morgan fingerprint density at radius 2 is 1.60 bits per heavy atom. The first kappa shape index (κ1) is 18.8. The number of aromatic nitrogens is 2. The molecular weight excluding hydrogens is 400 g/mol. The zero-order valence-electron chi connectivity index (χ0n) is 16.2. The van der Waals surface area contributed by atoms with E-state index >= 15 is 0 Å². The van der Waals surface area contributed by atoms with Crippen LogP contribution in [0.4, 0.5) is 5.95 Å². The highest BCUT2D eigenvalue weighted by Crippen LogP contribution is 2.27. The number of hydrogen-bond acceptors (Lipinski definition) is 6. The normalized spacial score (nSPS) is 15.5. The van der Waals surface area contributed by atoms with E-state index < -0.39 is 10.0 Å². The molecule has 0 N–H and O–H groups in total. The van der Waals surface area contributed by atoms with Crippen molar-refractivity contribution in [1.82, 2.24) is 14.3 Å². The molecule has 1 aliphatic heterocycles. The molecule has 0 bridgehead atoms. The van der Waals surface area contributed by atoms with Gasteiger partial charge in [-0.3, -0.25) is 0 Å². The van der Waals surface area contributed by atoms with Crippen LogP contribution in [-0.2, 0) is 10.0 Å². The molecule has 4 aromatic rings. The highest BCUT2D eigenvalue weighted by atomic mass is 32.2. The average molecular weight is 420 g/mol. The van der Waals surface area contributed by atoms with E-state index in [2.05, 4.69) is 9.97 Å². The van der Waals surface area contributed by atoms with Gasteiger partial charge in [-0.15, -0.1) is 0 Å². The van der Waals surface area contributed by atoms with Crippen molar-refractivity contribution in [3.05, 3.63) is 72.9 Å². The molecular formula is C22H20N4O3S. The standard InChI is InChI=1S/C22H20N4O3S/c27-30(28,18-7-2-1-3-8-18)26-14-12-25(13-15-26)22-23-11-10-19(24-22)21-16-17-6-4-5-9-20(17)29-21/h1-11,16H,12-15H2. The fourth-order valence-electron chi connectivity index (χ4n) is 3.62. The van der Waals surface area contributed by atoms with Crippen LogP contribution in [0.1, 0.15) is 0 Å². The molecule has 0 amide bonds. The Bertz CT molecular complexity index is 1250. The minimum atomic E-state index is -3.48. The first-order valence-corrected chi connectivity index (χ1v) is 11.2. The van der Waals surface area contributed by atoms with E-state index in [0.717, 1.165) is 11.0 Å². The van der Waals surface area contributed by atoms with E-state index in [1.54, 1.807) is 30.5 Å². The zero-order valence-corrected chi connectivity index (χ0v) is 17.0. The second-order valence-electron chi connectivity index (χ2n) is 7.09. The van der Waals surface area contributed by atoms with Crippen molar-refractivity contribution >= 4 is 26.9 Å². The van der Waals surface area contributed by atoms with E-state index in [4.69, 9.17) is 4.42 Å². The summed E-state index contributed by atoms with van der Waals surface area (Å²) in [5, 5.41) is 1.02. The van der Waals surface area contributed by atoms with E-state index in [-0.39, 0.29) is 0 Å². The Morgan fingerprint density at radius 1 is 0.867 bits per heavy atom. The number of benzene rings is 2. The summed E-state index contributed by atoms with van der Waals surface area (Å²) < 4.78 is 33.1. The van der Waals surface area contributed by atoms with Crippen LogP contribution in [0.15, 0.2) is 82.2 Å². The molecule has 1 aliphatic rings. The highest BCUT2D eigenvalue weighted by molar-refractivity contribution is 7.89. The molecule has 0 saturated carbocycles. The van der Waals surface area contributed by atoms with Gasteiger partial charge in [0.15, 0.2) is 5.76 Å². The van der Waals surface area contributed by atoms with Gasteiger partial charge in [0.1, 0.15) is 11.3 Å². The van der Waals surface area contributed by atoms with Gasteiger partial charge in [0, 0.05) is 37.8 Å². The summed E-state index contributed by atoms with van der Waals surface area (Å²) in [6.07, 6.45) is 1.71. The van der Waals surface area contributed by atoms with Gasteiger partial charge in [-0.25, -0.2) is 18.4 Å². The quantitative estimate of drug-likeness (QED) is 0.503. The van der Waals surface area contributed by atoms with Crippen LogP contribution in [0.2, 0.25) is 0 Å². The number of nitrogens with zero attached hydrogens (tertiary/aromatic N) is 4. The number of para-hydroxylation sites is 1. The van der Waals surface area contributed by atoms with Gasteiger partial charge in [-0.05, 0) is 30.3 Å². The maximum Gasteiger partial charge on any atom is 0.243 e.